The minimum atomic E-state index is -0.211. The Hall–Kier alpha value is -1.32. The average molecular weight is 247 g/mol. The van der Waals surface area contributed by atoms with Gasteiger partial charge in [-0.15, -0.1) is 0 Å². The summed E-state index contributed by atoms with van der Waals surface area (Å²) in [6.45, 7) is 2.57. The maximum absolute atomic E-state index is 12.8. The summed E-state index contributed by atoms with van der Waals surface area (Å²) in [6.07, 6.45) is 0. The molecule has 2 N–H and O–H groups in total. The number of hydrogen-bond donors (Lipinski definition) is 1. The van der Waals surface area contributed by atoms with E-state index >= 15 is 0 Å². The molecule has 0 saturated carbocycles. The van der Waals surface area contributed by atoms with Crippen molar-refractivity contribution in [2.24, 2.45) is 5.73 Å². The van der Waals surface area contributed by atoms with Gasteiger partial charge in [0.2, 0.25) is 0 Å². The van der Waals surface area contributed by atoms with Crippen LogP contribution in [-0.2, 0) is 6.54 Å². The topological polar surface area (TPSA) is 26.0 Å². The fourth-order valence-electron chi connectivity index (χ4n) is 1.56. The summed E-state index contributed by atoms with van der Waals surface area (Å²) in [5.74, 6) is -0.211. The zero-order valence-corrected chi connectivity index (χ0v) is 10.4. The number of hydrogen-bond acceptors (Lipinski definition) is 2. The third-order valence-corrected chi connectivity index (χ3v) is 3.59. The van der Waals surface area contributed by atoms with Crippen LogP contribution in [0.1, 0.15) is 11.1 Å². The van der Waals surface area contributed by atoms with Gasteiger partial charge < -0.3 is 5.73 Å². The molecule has 3 heteroatoms. The molecule has 0 unspecified atom stereocenters. The molecule has 0 atom stereocenters. The Morgan fingerprint density at radius 2 is 1.82 bits per heavy atom. The van der Waals surface area contributed by atoms with Gasteiger partial charge in [-0.2, -0.15) is 0 Å². The third-order valence-electron chi connectivity index (χ3n) is 2.48. The lowest BCUT2D eigenvalue weighted by Crippen LogP contribution is -1.98. The van der Waals surface area contributed by atoms with Crippen molar-refractivity contribution in [3.63, 3.8) is 0 Å². The van der Waals surface area contributed by atoms with Crippen molar-refractivity contribution in [1.29, 1.82) is 0 Å². The van der Waals surface area contributed by atoms with Crippen molar-refractivity contribution in [2.45, 2.75) is 23.3 Å². The van der Waals surface area contributed by atoms with Gasteiger partial charge in [-0.1, -0.05) is 23.9 Å². The molecule has 0 aliphatic rings. The molecule has 17 heavy (non-hydrogen) atoms. The Balaban J connectivity index is 2.28. The van der Waals surface area contributed by atoms with E-state index in [0.717, 1.165) is 15.4 Å². The molecule has 0 aliphatic carbocycles. The standard InChI is InChI=1S/C14H14FNS/c1-10-2-3-11(9-16)14(8-10)17-13-6-4-12(15)5-7-13/h2-8H,9,16H2,1H3. The largest absolute Gasteiger partial charge is 0.326 e. The molecule has 0 heterocycles. The van der Waals surface area contributed by atoms with Gasteiger partial charge in [-0.05, 0) is 48.4 Å². The number of nitrogens with two attached hydrogens (primary N) is 1. The monoisotopic (exact) mass is 247 g/mol. The van der Waals surface area contributed by atoms with E-state index in [1.807, 2.05) is 6.07 Å². The molecule has 0 bridgehead atoms. The highest BCUT2D eigenvalue weighted by molar-refractivity contribution is 7.99. The average Bonchev–Trinajstić information content (AvgIpc) is 2.32. The Kier molecular flexibility index (Phi) is 3.82. The highest BCUT2D eigenvalue weighted by Crippen LogP contribution is 2.31. The molecule has 0 fully saturated rings. The van der Waals surface area contributed by atoms with Gasteiger partial charge in [0.05, 0.1) is 0 Å². The molecule has 2 aromatic rings. The van der Waals surface area contributed by atoms with Crippen LogP contribution in [0.4, 0.5) is 4.39 Å². The molecule has 0 spiro atoms. The SMILES string of the molecule is Cc1ccc(CN)c(Sc2ccc(F)cc2)c1. The van der Waals surface area contributed by atoms with Crippen molar-refractivity contribution in [2.75, 3.05) is 0 Å². The Morgan fingerprint density at radius 3 is 2.47 bits per heavy atom. The van der Waals surface area contributed by atoms with Crippen molar-refractivity contribution in [1.82, 2.24) is 0 Å². The van der Waals surface area contributed by atoms with Crippen LogP contribution >= 0.6 is 11.8 Å². The molecule has 1 nitrogen and oxygen atoms in total. The molecule has 2 aromatic carbocycles. The zero-order chi connectivity index (χ0) is 12.3. The first-order valence-electron chi connectivity index (χ1n) is 5.42. The van der Waals surface area contributed by atoms with Crippen LogP contribution in [0.3, 0.4) is 0 Å². The highest BCUT2D eigenvalue weighted by Gasteiger charge is 2.04. The second kappa shape index (κ2) is 5.34. The predicted molar refractivity (Wildman–Crippen MR) is 69.6 cm³/mol. The van der Waals surface area contributed by atoms with Crippen LogP contribution < -0.4 is 5.73 Å². The first-order chi connectivity index (χ1) is 8.19. The highest BCUT2D eigenvalue weighted by atomic mass is 32.2. The van der Waals surface area contributed by atoms with Crippen molar-refractivity contribution in [3.05, 3.63) is 59.4 Å². The van der Waals surface area contributed by atoms with Crippen LogP contribution in [0.5, 0.6) is 0 Å². The smallest absolute Gasteiger partial charge is 0.123 e. The lowest BCUT2D eigenvalue weighted by molar-refractivity contribution is 0.626. The fraction of sp³-hybridized carbons (Fsp3) is 0.143. The summed E-state index contributed by atoms with van der Waals surface area (Å²) in [5, 5.41) is 0. The van der Waals surface area contributed by atoms with Crippen LogP contribution in [-0.4, -0.2) is 0 Å². The van der Waals surface area contributed by atoms with Gasteiger partial charge in [-0.25, -0.2) is 4.39 Å². The van der Waals surface area contributed by atoms with Crippen LogP contribution in [0, 0.1) is 12.7 Å². The van der Waals surface area contributed by atoms with E-state index < -0.39 is 0 Å². The van der Waals surface area contributed by atoms with E-state index in [4.69, 9.17) is 5.73 Å². The maximum atomic E-state index is 12.8. The van der Waals surface area contributed by atoms with Gasteiger partial charge >= 0.3 is 0 Å². The summed E-state index contributed by atoms with van der Waals surface area (Å²) in [6, 6.07) is 12.7. The van der Waals surface area contributed by atoms with Crippen LogP contribution in [0.2, 0.25) is 0 Å². The molecule has 0 saturated heterocycles. The maximum Gasteiger partial charge on any atom is 0.123 e. The number of benzene rings is 2. The Labute approximate surface area is 105 Å². The van der Waals surface area contributed by atoms with Gasteiger partial charge in [0.1, 0.15) is 5.82 Å². The summed E-state index contributed by atoms with van der Waals surface area (Å²) < 4.78 is 12.8. The molecule has 0 aromatic heterocycles. The molecule has 0 aliphatic heterocycles. The van der Waals surface area contributed by atoms with Gasteiger partial charge in [0, 0.05) is 16.3 Å². The van der Waals surface area contributed by atoms with E-state index in [1.54, 1.807) is 23.9 Å². The second-order valence-corrected chi connectivity index (χ2v) is 4.99. The van der Waals surface area contributed by atoms with Gasteiger partial charge in [-0.3, -0.25) is 0 Å². The molecular formula is C14H14FNS. The summed E-state index contributed by atoms with van der Waals surface area (Å²) in [4.78, 5) is 2.16. The molecule has 0 amide bonds. The summed E-state index contributed by atoms with van der Waals surface area (Å²) >= 11 is 1.61. The van der Waals surface area contributed by atoms with Crippen molar-refractivity contribution < 1.29 is 4.39 Å². The predicted octanol–water partition coefficient (Wildman–Crippen LogP) is 3.74. The Bertz CT molecular complexity index is 508. The molecule has 2 rings (SSSR count). The third kappa shape index (κ3) is 3.08. The number of aryl methyl sites for hydroxylation is 1. The number of halogens is 1. The molecule has 0 radical (unpaired) electrons. The first-order valence-corrected chi connectivity index (χ1v) is 6.23. The second-order valence-electron chi connectivity index (χ2n) is 3.87. The molecular weight excluding hydrogens is 233 g/mol. The van der Waals surface area contributed by atoms with Crippen LogP contribution in [0.25, 0.3) is 0 Å². The summed E-state index contributed by atoms with van der Waals surface area (Å²) in [7, 11) is 0. The van der Waals surface area contributed by atoms with Crippen molar-refractivity contribution >= 4 is 11.8 Å². The van der Waals surface area contributed by atoms with E-state index in [9.17, 15) is 4.39 Å². The quantitative estimate of drug-likeness (QED) is 0.894. The van der Waals surface area contributed by atoms with E-state index in [-0.39, 0.29) is 5.82 Å². The normalized spacial score (nSPS) is 10.5. The van der Waals surface area contributed by atoms with E-state index in [0.29, 0.717) is 6.54 Å². The lowest BCUT2D eigenvalue weighted by atomic mass is 10.1. The van der Waals surface area contributed by atoms with E-state index in [1.165, 1.54) is 17.7 Å². The minimum Gasteiger partial charge on any atom is -0.326 e. The number of rotatable bonds is 3. The minimum absolute atomic E-state index is 0.211. The fourth-order valence-corrected chi connectivity index (χ4v) is 2.61. The van der Waals surface area contributed by atoms with Crippen molar-refractivity contribution in [3.8, 4) is 0 Å². The van der Waals surface area contributed by atoms with Gasteiger partial charge in [0.15, 0.2) is 0 Å². The summed E-state index contributed by atoms with van der Waals surface area (Å²) in [5.41, 5.74) is 8.02. The zero-order valence-electron chi connectivity index (χ0n) is 9.61. The Morgan fingerprint density at radius 1 is 1.12 bits per heavy atom. The first kappa shape index (κ1) is 12.1. The van der Waals surface area contributed by atoms with E-state index in [2.05, 4.69) is 19.1 Å². The lowest BCUT2D eigenvalue weighted by Gasteiger charge is -2.08. The van der Waals surface area contributed by atoms with Crippen LogP contribution in [0.15, 0.2) is 52.3 Å². The van der Waals surface area contributed by atoms with Gasteiger partial charge in [0.25, 0.3) is 0 Å². The molecule has 88 valence electrons.